The highest BCUT2D eigenvalue weighted by atomic mass is 35.5. The molecule has 1 fully saturated rings. The van der Waals surface area contributed by atoms with Gasteiger partial charge in [0, 0.05) is 31.2 Å². The largest absolute Gasteiger partial charge is 0.452 e. The molecule has 1 aliphatic rings. The Kier molecular flexibility index (Phi) is 7.11. The van der Waals surface area contributed by atoms with Crippen LogP contribution in [-0.4, -0.2) is 62.3 Å². The fourth-order valence-corrected chi connectivity index (χ4v) is 4.61. The molecule has 0 atom stereocenters. The standard InChI is InChI=1S/C20H18ClF3N2O5S/c21-16-4-6-17(7-5-16)32(29,30)26-10-8-25(9-11-26)18(27)13-31-19(28)14-2-1-3-15(12-14)20(22,23)24/h1-7,12H,8-11,13H2. The molecular weight excluding hydrogens is 473 g/mol. The van der Waals surface area contributed by atoms with Crippen LogP contribution < -0.4 is 0 Å². The van der Waals surface area contributed by atoms with Crippen molar-refractivity contribution in [1.29, 1.82) is 0 Å². The first kappa shape index (κ1) is 24.0. The van der Waals surface area contributed by atoms with Gasteiger partial charge in [-0.15, -0.1) is 0 Å². The first-order valence-corrected chi connectivity index (χ1v) is 11.2. The Labute approximate surface area is 187 Å². The van der Waals surface area contributed by atoms with Gasteiger partial charge < -0.3 is 9.64 Å². The summed E-state index contributed by atoms with van der Waals surface area (Å²) in [5, 5.41) is 0.402. The highest BCUT2D eigenvalue weighted by molar-refractivity contribution is 7.89. The number of piperazine rings is 1. The van der Waals surface area contributed by atoms with Gasteiger partial charge in [-0.1, -0.05) is 17.7 Å². The van der Waals surface area contributed by atoms with E-state index in [1.807, 2.05) is 0 Å². The van der Waals surface area contributed by atoms with Crippen LogP contribution in [0.3, 0.4) is 0 Å². The zero-order valence-corrected chi connectivity index (χ0v) is 18.1. The molecule has 0 unspecified atom stereocenters. The van der Waals surface area contributed by atoms with E-state index < -0.39 is 40.2 Å². The number of ether oxygens (including phenoxy) is 1. The number of carbonyl (C=O) groups excluding carboxylic acids is 2. The number of nitrogens with zero attached hydrogens (tertiary/aromatic N) is 2. The maximum absolute atomic E-state index is 12.8. The first-order valence-electron chi connectivity index (χ1n) is 9.36. The zero-order valence-electron chi connectivity index (χ0n) is 16.5. The molecule has 1 amide bonds. The summed E-state index contributed by atoms with van der Waals surface area (Å²) in [6.07, 6.45) is -4.61. The molecule has 0 bridgehead atoms. The van der Waals surface area contributed by atoms with E-state index in [0.29, 0.717) is 11.1 Å². The molecule has 12 heteroatoms. The SMILES string of the molecule is O=C(OCC(=O)N1CCN(S(=O)(=O)c2ccc(Cl)cc2)CC1)c1cccc(C(F)(F)F)c1. The number of esters is 1. The lowest BCUT2D eigenvalue weighted by molar-refractivity contribution is -0.138. The van der Waals surface area contributed by atoms with Gasteiger partial charge in [-0.25, -0.2) is 13.2 Å². The van der Waals surface area contributed by atoms with E-state index in [1.165, 1.54) is 33.5 Å². The van der Waals surface area contributed by atoms with Crippen molar-refractivity contribution in [2.75, 3.05) is 32.8 Å². The Morgan fingerprint density at radius 2 is 1.62 bits per heavy atom. The van der Waals surface area contributed by atoms with Crippen molar-refractivity contribution in [2.45, 2.75) is 11.1 Å². The van der Waals surface area contributed by atoms with Gasteiger partial charge in [0.1, 0.15) is 0 Å². The minimum absolute atomic E-state index is 0.0400. The maximum atomic E-state index is 12.8. The predicted octanol–water partition coefficient (Wildman–Crippen LogP) is 3.05. The molecule has 0 spiro atoms. The van der Waals surface area contributed by atoms with Gasteiger partial charge in [-0.05, 0) is 42.5 Å². The third-order valence-electron chi connectivity index (χ3n) is 4.80. The van der Waals surface area contributed by atoms with Gasteiger partial charge in [-0.2, -0.15) is 17.5 Å². The molecule has 0 N–H and O–H groups in total. The van der Waals surface area contributed by atoms with Gasteiger partial charge in [0.25, 0.3) is 5.91 Å². The molecular formula is C20H18ClF3N2O5S. The quantitative estimate of drug-likeness (QED) is 0.602. The number of benzene rings is 2. The van der Waals surface area contributed by atoms with Crippen LogP contribution in [0.15, 0.2) is 53.4 Å². The zero-order chi connectivity index (χ0) is 23.5. The number of rotatable bonds is 5. The fraction of sp³-hybridized carbons (Fsp3) is 0.300. The summed E-state index contributed by atoms with van der Waals surface area (Å²) in [5.74, 6) is -1.64. The summed E-state index contributed by atoms with van der Waals surface area (Å²) >= 11 is 5.78. The van der Waals surface area contributed by atoms with Crippen molar-refractivity contribution in [3.63, 3.8) is 0 Å². The van der Waals surface area contributed by atoms with E-state index in [-0.39, 0.29) is 36.6 Å². The van der Waals surface area contributed by atoms with Gasteiger partial charge >= 0.3 is 12.1 Å². The second-order valence-electron chi connectivity index (χ2n) is 6.89. The maximum Gasteiger partial charge on any atom is 0.416 e. The Hall–Kier alpha value is -2.63. The first-order chi connectivity index (χ1) is 15.0. The molecule has 1 saturated heterocycles. The minimum atomic E-state index is -4.61. The van der Waals surface area contributed by atoms with E-state index in [0.717, 1.165) is 18.2 Å². The lowest BCUT2D eigenvalue weighted by Gasteiger charge is -2.33. The Morgan fingerprint density at radius 3 is 2.22 bits per heavy atom. The van der Waals surface area contributed by atoms with E-state index in [4.69, 9.17) is 16.3 Å². The number of carbonyl (C=O) groups is 2. The minimum Gasteiger partial charge on any atom is -0.452 e. The number of alkyl halides is 3. The van der Waals surface area contributed by atoms with E-state index in [1.54, 1.807) is 0 Å². The third kappa shape index (κ3) is 5.59. The average molecular weight is 491 g/mol. The van der Waals surface area contributed by atoms with E-state index >= 15 is 0 Å². The molecule has 3 rings (SSSR count). The molecule has 7 nitrogen and oxygen atoms in total. The van der Waals surface area contributed by atoms with Crippen LogP contribution in [0.25, 0.3) is 0 Å². The molecule has 2 aromatic rings. The molecule has 172 valence electrons. The van der Waals surface area contributed by atoms with Gasteiger partial charge in [0.2, 0.25) is 10.0 Å². The van der Waals surface area contributed by atoms with Crippen molar-refractivity contribution >= 4 is 33.5 Å². The van der Waals surface area contributed by atoms with Gasteiger partial charge in [-0.3, -0.25) is 4.79 Å². The van der Waals surface area contributed by atoms with Crippen LogP contribution >= 0.6 is 11.6 Å². The molecule has 0 radical (unpaired) electrons. The van der Waals surface area contributed by atoms with Gasteiger partial charge in [0.15, 0.2) is 6.61 Å². The number of amides is 1. The van der Waals surface area contributed by atoms with Crippen LogP contribution in [0, 0.1) is 0 Å². The van der Waals surface area contributed by atoms with Crippen LogP contribution in [-0.2, 0) is 25.7 Å². The summed E-state index contributed by atoms with van der Waals surface area (Å²) in [6, 6.07) is 9.40. The predicted molar refractivity (Wildman–Crippen MR) is 109 cm³/mol. The van der Waals surface area contributed by atoms with Crippen LogP contribution in [0.2, 0.25) is 5.02 Å². The molecule has 1 heterocycles. The second kappa shape index (κ2) is 9.47. The molecule has 0 saturated carbocycles. The average Bonchev–Trinajstić information content (AvgIpc) is 2.77. The summed E-state index contributed by atoms with van der Waals surface area (Å²) in [4.78, 5) is 25.7. The lowest BCUT2D eigenvalue weighted by Crippen LogP contribution is -2.51. The highest BCUT2D eigenvalue weighted by Gasteiger charge is 2.32. The molecule has 32 heavy (non-hydrogen) atoms. The lowest BCUT2D eigenvalue weighted by atomic mass is 10.1. The number of halogens is 4. The van der Waals surface area contributed by atoms with Crippen molar-refractivity contribution < 1.29 is 35.9 Å². The van der Waals surface area contributed by atoms with Crippen molar-refractivity contribution in [1.82, 2.24) is 9.21 Å². The Balaban J connectivity index is 1.54. The van der Waals surface area contributed by atoms with Crippen LogP contribution in [0.1, 0.15) is 15.9 Å². The molecule has 0 aliphatic carbocycles. The summed E-state index contributed by atoms with van der Waals surface area (Å²) < 4.78 is 69.7. The monoisotopic (exact) mass is 490 g/mol. The highest BCUT2D eigenvalue weighted by Crippen LogP contribution is 2.29. The van der Waals surface area contributed by atoms with E-state index in [2.05, 4.69) is 0 Å². The van der Waals surface area contributed by atoms with Crippen molar-refractivity contribution in [3.8, 4) is 0 Å². The fourth-order valence-electron chi connectivity index (χ4n) is 3.06. The Bertz CT molecular complexity index is 1100. The third-order valence-corrected chi connectivity index (χ3v) is 6.96. The topological polar surface area (TPSA) is 84.0 Å². The number of hydrogen-bond acceptors (Lipinski definition) is 5. The van der Waals surface area contributed by atoms with Crippen molar-refractivity contribution in [3.05, 3.63) is 64.7 Å². The summed E-state index contributed by atoms with van der Waals surface area (Å²) in [7, 11) is -3.75. The van der Waals surface area contributed by atoms with Gasteiger partial charge in [0.05, 0.1) is 16.0 Å². The molecule has 2 aromatic carbocycles. The van der Waals surface area contributed by atoms with Crippen LogP contribution in [0.4, 0.5) is 13.2 Å². The Morgan fingerprint density at radius 1 is 1.00 bits per heavy atom. The number of hydrogen-bond donors (Lipinski definition) is 0. The summed E-state index contributed by atoms with van der Waals surface area (Å²) in [5.41, 5.74) is -1.33. The number of sulfonamides is 1. The normalized spacial score (nSPS) is 15.4. The van der Waals surface area contributed by atoms with Crippen LogP contribution in [0.5, 0.6) is 0 Å². The smallest absolute Gasteiger partial charge is 0.416 e. The second-order valence-corrected chi connectivity index (χ2v) is 9.27. The molecule has 1 aliphatic heterocycles. The van der Waals surface area contributed by atoms with E-state index in [9.17, 15) is 31.2 Å². The summed E-state index contributed by atoms with van der Waals surface area (Å²) in [6.45, 7) is -0.435. The van der Waals surface area contributed by atoms with Crippen molar-refractivity contribution in [2.24, 2.45) is 0 Å². The molecule has 0 aromatic heterocycles.